The Hall–Kier alpha value is -0.940. The van der Waals surface area contributed by atoms with Crippen molar-refractivity contribution in [3.63, 3.8) is 0 Å². The zero-order valence-electron chi connectivity index (χ0n) is 11.0. The topological polar surface area (TPSA) is 32.3 Å². The van der Waals surface area contributed by atoms with Crippen molar-refractivity contribution >= 4 is 21.8 Å². The molecule has 1 saturated heterocycles. The minimum Gasteiger partial charge on any atom is -0.350 e. The fraction of sp³-hybridized carbons (Fsp3) is 0.500. The lowest BCUT2D eigenvalue weighted by molar-refractivity contribution is 0.0928. The molecule has 1 atom stereocenters. The van der Waals surface area contributed by atoms with Gasteiger partial charge in [0.15, 0.2) is 0 Å². The van der Waals surface area contributed by atoms with E-state index in [2.05, 4.69) is 33.2 Å². The van der Waals surface area contributed by atoms with E-state index in [4.69, 9.17) is 0 Å². The van der Waals surface area contributed by atoms with Crippen LogP contribution >= 0.6 is 15.9 Å². The fourth-order valence-corrected chi connectivity index (χ4v) is 2.60. The molecule has 1 N–H and O–H groups in total. The van der Waals surface area contributed by atoms with Crippen LogP contribution in [0.3, 0.4) is 0 Å². The first-order valence-corrected chi connectivity index (χ1v) is 7.30. The molecule has 19 heavy (non-hydrogen) atoms. The van der Waals surface area contributed by atoms with Crippen molar-refractivity contribution in [1.29, 1.82) is 0 Å². The Kier molecular flexibility index (Phi) is 4.93. The van der Waals surface area contributed by atoms with Crippen molar-refractivity contribution in [2.45, 2.75) is 25.3 Å². The van der Waals surface area contributed by atoms with Gasteiger partial charge in [-0.25, -0.2) is 4.39 Å². The lowest BCUT2D eigenvalue weighted by atomic mass is 10.0. The number of likely N-dealkylation sites (N-methyl/N-ethyl adjacent to an activating group) is 1. The van der Waals surface area contributed by atoms with Crippen molar-refractivity contribution in [3.05, 3.63) is 34.1 Å². The number of halogens is 2. The van der Waals surface area contributed by atoms with E-state index in [1.807, 2.05) is 0 Å². The highest BCUT2D eigenvalue weighted by molar-refractivity contribution is 9.10. The molecule has 0 aromatic heterocycles. The normalized spacial score (nSPS) is 20.3. The molecule has 104 valence electrons. The Balaban J connectivity index is 1.91. The average molecular weight is 329 g/mol. The number of amides is 1. The summed E-state index contributed by atoms with van der Waals surface area (Å²) in [6.07, 6.45) is 3.53. The van der Waals surface area contributed by atoms with Gasteiger partial charge in [0, 0.05) is 18.2 Å². The van der Waals surface area contributed by atoms with Gasteiger partial charge in [0.2, 0.25) is 0 Å². The summed E-state index contributed by atoms with van der Waals surface area (Å²) in [7, 11) is 2.08. The van der Waals surface area contributed by atoms with Crippen molar-refractivity contribution < 1.29 is 9.18 Å². The van der Waals surface area contributed by atoms with Gasteiger partial charge in [-0.3, -0.25) is 4.79 Å². The molecular formula is C14H18BrFN2O. The minimum atomic E-state index is -0.414. The maximum absolute atomic E-state index is 13.4. The van der Waals surface area contributed by atoms with Gasteiger partial charge in [-0.05, 0) is 60.6 Å². The van der Waals surface area contributed by atoms with Crippen LogP contribution in [0, 0.1) is 5.82 Å². The molecule has 0 spiro atoms. The highest BCUT2D eigenvalue weighted by Crippen LogP contribution is 2.17. The van der Waals surface area contributed by atoms with Crippen LogP contribution in [-0.2, 0) is 0 Å². The molecule has 1 aliphatic heterocycles. The summed E-state index contributed by atoms with van der Waals surface area (Å²) in [6, 6.07) is 4.81. The molecule has 0 saturated carbocycles. The molecule has 1 aliphatic rings. The Labute approximate surface area is 121 Å². The number of rotatable bonds is 3. The number of nitrogens with zero attached hydrogens (tertiary/aromatic N) is 1. The summed E-state index contributed by atoms with van der Waals surface area (Å²) in [5.74, 6) is -0.632. The number of piperidine rings is 1. The van der Waals surface area contributed by atoms with Crippen LogP contribution < -0.4 is 5.32 Å². The number of likely N-dealkylation sites (tertiary alicyclic amines) is 1. The van der Waals surface area contributed by atoms with E-state index in [0.717, 1.165) is 13.0 Å². The zero-order chi connectivity index (χ0) is 13.8. The second-order valence-corrected chi connectivity index (χ2v) is 5.82. The van der Waals surface area contributed by atoms with Gasteiger partial charge < -0.3 is 10.2 Å². The van der Waals surface area contributed by atoms with E-state index in [9.17, 15) is 9.18 Å². The van der Waals surface area contributed by atoms with Crippen molar-refractivity contribution in [3.8, 4) is 0 Å². The predicted octanol–water partition coefficient (Wildman–Crippen LogP) is 2.80. The summed E-state index contributed by atoms with van der Waals surface area (Å²) in [4.78, 5) is 14.2. The summed E-state index contributed by atoms with van der Waals surface area (Å²) < 4.78 is 13.7. The molecule has 1 heterocycles. The summed E-state index contributed by atoms with van der Waals surface area (Å²) in [6.45, 7) is 1.69. The van der Waals surface area contributed by atoms with Gasteiger partial charge in [0.1, 0.15) is 5.82 Å². The number of hydrogen-bond acceptors (Lipinski definition) is 2. The van der Waals surface area contributed by atoms with Crippen molar-refractivity contribution in [1.82, 2.24) is 10.2 Å². The predicted molar refractivity (Wildman–Crippen MR) is 76.7 cm³/mol. The smallest absolute Gasteiger partial charge is 0.251 e. The number of hydrogen-bond donors (Lipinski definition) is 1. The quantitative estimate of drug-likeness (QED) is 0.925. The first-order chi connectivity index (χ1) is 9.08. The van der Waals surface area contributed by atoms with Crippen LogP contribution in [0.25, 0.3) is 0 Å². The number of nitrogens with one attached hydrogen (secondary N) is 1. The molecule has 1 aromatic rings. The van der Waals surface area contributed by atoms with E-state index < -0.39 is 5.82 Å². The van der Waals surface area contributed by atoms with Crippen LogP contribution in [0.15, 0.2) is 22.7 Å². The van der Waals surface area contributed by atoms with Crippen LogP contribution in [0.2, 0.25) is 0 Å². The van der Waals surface area contributed by atoms with Crippen LogP contribution in [0.1, 0.15) is 29.6 Å². The second-order valence-electron chi connectivity index (χ2n) is 4.97. The Morgan fingerprint density at radius 3 is 3.00 bits per heavy atom. The molecule has 0 bridgehead atoms. The molecule has 5 heteroatoms. The first-order valence-electron chi connectivity index (χ1n) is 6.51. The number of carbonyl (C=O) groups is 1. The van der Waals surface area contributed by atoms with Crippen molar-refractivity contribution in [2.24, 2.45) is 0 Å². The second kappa shape index (κ2) is 6.48. The van der Waals surface area contributed by atoms with Gasteiger partial charge in [-0.1, -0.05) is 6.42 Å². The van der Waals surface area contributed by atoms with E-state index in [-0.39, 0.29) is 5.91 Å². The largest absolute Gasteiger partial charge is 0.350 e. The van der Waals surface area contributed by atoms with Crippen LogP contribution in [0.4, 0.5) is 4.39 Å². The van der Waals surface area contributed by atoms with Gasteiger partial charge in [0.05, 0.1) is 4.47 Å². The van der Waals surface area contributed by atoms with E-state index in [1.54, 1.807) is 12.1 Å². The minimum absolute atomic E-state index is 0.217. The van der Waals surface area contributed by atoms with Gasteiger partial charge >= 0.3 is 0 Å². The third-order valence-electron chi connectivity index (χ3n) is 3.60. The molecule has 2 rings (SSSR count). The Morgan fingerprint density at radius 2 is 2.32 bits per heavy atom. The SMILES string of the molecule is CN1CCCCC1CNC(=O)c1ccc(Br)c(F)c1. The average Bonchev–Trinajstić information content (AvgIpc) is 2.40. The van der Waals surface area contributed by atoms with E-state index in [1.165, 1.54) is 18.9 Å². The molecule has 1 aromatic carbocycles. The third-order valence-corrected chi connectivity index (χ3v) is 4.24. The first kappa shape index (κ1) is 14.5. The summed E-state index contributed by atoms with van der Waals surface area (Å²) in [5, 5.41) is 2.88. The lowest BCUT2D eigenvalue weighted by Gasteiger charge is -2.32. The standard InChI is InChI=1S/C14H18BrFN2O/c1-18-7-3-2-4-11(18)9-17-14(19)10-5-6-12(15)13(16)8-10/h5-6,8,11H,2-4,7,9H2,1H3,(H,17,19). The number of carbonyl (C=O) groups excluding carboxylic acids is 1. The van der Waals surface area contributed by atoms with Gasteiger partial charge in [-0.2, -0.15) is 0 Å². The monoisotopic (exact) mass is 328 g/mol. The number of benzene rings is 1. The molecule has 1 unspecified atom stereocenters. The molecule has 1 amide bonds. The van der Waals surface area contributed by atoms with Crippen LogP contribution in [-0.4, -0.2) is 37.0 Å². The molecule has 1 fully saturated rings. The molecule has 3 nitrogen and oxygen atoms in total. The zero-order valence-corrected chi connectivity index (χ0v) is 12.5. The molecular weight excluding hydrogens is 311 g/mol. The summed E-state index contributed by atoms with van der Waals surface area (Å²) in [5.41, 5.74) is 0.360. The highest BCUT2D eigenvalue weighted by Gasteiger charge is 2.19. The Morgan fingerprint density at radius 1 is 1.53 bits per heavy atom. The fourth-order valence-electron chi connectivity index (χ4n) is 2.35. The van der Waals surface area contributed by atoms with Gasteiger partial charge in [0.25, 0.3) is 5.91 Å². The van der Waals surface area contributed by atoms with E-state index >= 15 is 0 Å². The Bertz CT molecular complexity index is 467. The van der Waals surface area contributed by atoms with Crippen LogP contribution in [0.5, 0.6) is 0 Å². The third kappa shape index (κ3) is 3.76. The maximum Gasteiger partial charge on any atom is 0.251 e. The maximum atomic E-state index is 13.4. The molecule has 0 radical (unpaired) electrons. The van der Waals surface area contributed by atoms with E-state index in [0.29, 0.717) is 22.6 Å². The lowest BCUT2D eigenvalue weighted by Crippen LogP contribution is -2.44. The van der Waals surface area contributed by atoms with Crippen molar-refractivity contribution in [2.75, 3.05) is 20.1 Å². The summed E-state index contributed by atoms with van der Waals surface area (Å²) >= 11 is 3.07. The van der Waals surface area contributed by atoms with Gasteiger partial charge in [-0.15, -0.1) is 0 Å². The highest BCUT2D eigenvalue weighted by atomic mass is 79.9. The molecule has 0 aliphatic carbocycles.